The van der Waals surface area contributed by atoms with Crippen molar-refractivity contribution < 1.29 is 17.7 Å². The maximum absolute atomic E-state index is 12.6. The summed E-state index contributed by atoms with van der Waals surface area (Å²) in [7, 11) is 0. The zero-order chi connectivity index (χ0) is 15.7. The Labute approximate surface area is 125 Å². The van der Waals surface area contributed by atoms with Gasteiger partial charge < -0.3 is 9.84 Å². The van der Waals surface area contributed by atoms with Gasteiger partial charge >= 0.3 is 6.18 Å². The number of hydrogen-bond acceptors (Lipinski definition) is 4. The van der Waals surface area contributed by atoms with E-state index in [4.69, 9.17) is 4.52 Å². The third kappa shape index (κ3) is 3.14. The first-order chi connectivity index (χ1) is 10.4. The quantitative estimate of drug-likeness (QED) is 0.925. The van der Waals surface area contributed by atoms with E-state index in [2.05, 4.69) is 15.5 Å². The SMILES string of the molecule is Cc1noc(C2CNCC(c3ccc(C(F)(F)F)cc3)C2)n1. The fraction of sp³-hybridized carbons (Fsp3) is 0.467. The number of rotatable bonds is 2. The van der Waals surface area contributed by atoms with E-state index in [0.29, 0.717) is 11.7 Å². The van der Waals surface area contributed by atoms with Gasteiger partial charge in [-0.1, -0.05) is 17.3 Å². The summed E-state index contributed by atoms with van der Waals surface area (Å²) in [5.74, 6) is 1.39. The predicted molar refractivity (Wildman–Crippen MR) is 73.4 cm³/mol. The van der Waals surface area contributed by atoms with Crippen LogP contribution in [-0.2, 0) is 6.18 Å². The third-order valence-electron chi connectivity index (χ3n) is 3.95. The minimum atomic E-state index is -4.30. The maximum atomic E-state index is 12.6. The fourth-order valence-electron chi connectivity index (χ4n) is 2.81. The second-order valence-electron chi connectivity index (χ2n) is 5.59. The van der Waals surface area contributed by atoms with Gasteiger partial charge in [0, 0.05) is 13.1 Å². The van der Waals surface area contributed by atoms with Crippen molar-refractivity contribution in [3.63, 3.8) is 0 Å². The normalized spacial score (nSPS) is 22.7. The number of piperidine rings is 1. The van der Waals surface area contributed by atoms with Crippen LogP contribution in [0.1, 0.15) is 41.1 Å². The Balaban J connectivity index is 1.74. The Morgan fingerprint density at radius 1 is 1.14 bits per heavy atom. The van der Waals surface area contributed by atoms with Crippen LogP contribution < -0.4 is 5.32 Å². The molecular formula is C15H16F3N3O. The summed E-state index contributed by atoms with van der Waals surface area (Å²) in [6, 6.07) is 5.37. The molecule has 4 nitrogen and oxygen atoms in total. The second-order valence-corrected chi connectivity index (χ2v) is 5.59. The summed E-state index contributed by atoms with van der Waals surface area (Å²) in [6.45, 7) is 3.23. The summed E-state index contributed by atoms with van der Waals surface area (Å²) in [5.41, 5.74) is 0.269. The molecule has 2 atom stereocenters. The number of hydrogen-bond donors (Lipinski definition) is 1. The van der Waals surface area contributed by atoms with E-state index in [1.54, 1.807) is 19.1 Å². The van der Waals surface area contributed by atoms with Crippen LogP contribution >= 0.6 is 0 Å². The van der Waals surface area contributed by atoms with Gasteiger partial charge in [0.2, 0.25) is 5.89 Å². The number of nitrogens with one attached hydrogen (secondary N) is 1. The highest BCUT2D eigenvalue weighted by molar-refractivity contribution is 5.28. The molecule has 2 heterocycles. The predicted octanol–water partition coefficient (Wildman–Crippen LogP) is 3.26. The standard InChI is InChI=1S/C15H16F3N3O/c1-9-20-14(22-21-9)12-6-11(7-19-8-12)10-2-4-13(5-3-10)15(16,17)18/h2-5,11-12,19H,6-8H2,1H3. The molecule has 3 rings (SSSR count). The van der Waals surface area contributed by atoms with Crippen LogP contribution in [0.2, 0.25) is 0 Å². The average Bonchev–Trinajstić information content (AvgIpc) is 2.93. The molecule has 1 fully saturated rings. The Hall–Kier alpha value is -1.89. The summed E-state index contributed by atoms with van der Waals surface area (Å²) in [5, 5.41) is 7.08. The van der Waals surface area contributed by atoms with Gasteiger partial charge in [-0.05, 0) is 37.0 Å². The lowest BCUT2D eigenvalue weighted by atomic mass is 9.85. The highest BCUT2D eigenvalue weighted by Crippen LogP contribution is 2.34. The number of aryl methyl sites for hydroxylation is 1. The van der Waals surface area contributed by atoms with E-state index in [1.165, 1.54) is 0 Å². The molecule has 0 bridgehead atoms. The number of nitrogens with zero attached hydrogens (tertiary/aromatic N) is 2. The second kappa shape index (κ2) is 5.72. The first-order valence-electron chi connectivity index (χ1n) is 7.11. The molecule has 7 heteroatoms. The van der Waals surface area contributed by atoms with Crippen molar-refractivity contribution in [2.75, 3.05) is 13.1 Å². The van der Waals surface area contributed by atoms with Crippen LogP contribution in [0.5, 0.6) is 0 Å². The van der Waals surface area contributed by atoms with Crippen LogP contribution in [0.15, 0.2) is 28.8 Å². The molecule has 118 valence electrons. The molecule has 0 radical (unpaired) electrons. The van der Waals surface area contributed by atoms with Crippen LogP contribution in [0, 0.1) is 6.92 Å². The minimum absolute atomic E-state index is 0.0854. The molecular weight excluding hydrogens is 295 g/mol. The summed E-state index contributed by atoms with van der Waals surface area (Å²) in [4.78, 5) is 4.24. The lowest BCUT2D eigenvalue weighted by Gasteiger charge is -2.28. The lowest BCUT2D eigenvalue weighted by Crippen LogP contribution is -2.34. The van der Waals surface area contributed by atoms with Crippen molar-refractivity contribution in [1.82, 2.24) is 15.5 Å². The first kappa shape index (κ1) is 15.0. The van der Waals surface area contributed by atoms with Crippen LogP contribution in [-0.4, -0.2) is 23.2 Å². The van der Waals surface area contributed by atoms with Crippen LogP contribution in [0.3, 0.4) is 0 Å². The molecule has 0 amide bonds. The minimum Gasteiger partial charge on any atom is -0.339 e. The van der Waals surface area contributed by atoms with Gasteiger partial charge in [0.1, 0.15) is 0 Å². The average molecular weight is 311 g/mol. The van der Waals surface area contributed by atoms with E-state index in [-0.39, 0.29) is 11.8 Å². The van der Waals surface area contributed by atoms with Crippen molar-refractivity contribution >= 4 is 0 Å². The summed E-state index contributed by atoms with van der Waals surface area (Å²) >= 11 is 0. The highest BCUT2D eigenvalue weighted by Gasteiger charge is 2.31. The van der Waals surface area contributed by atoms with E-state index in [9.17, 15) is 13.2 Å². The van der Waals surface area contributed by atoms with E-state index >= 15 is 0 Å². The van der Waals surface area contributed by atoms with Crippen LogP contribution in [0.4, 0.5) is 13.2 Å². The van der Waals surface area contributed by atoms with Crippen molar-refractivity contribution in [3.8, 4) is 0 Å². The Morgan fingerprint density at radius 2 is 1.82 bits per heavy atom. The number of alkyl halides is 3. The zero-order valence-electron chi connectivity index (χ0n) is 12.0. The Bertz CT molecular complexity index is 636. The van der Waals surface area contributed by atoms with Gasteiger partial charge in [-0.2, -0.15) is 18.2 Å². The molecule has 1 aliphatic heterocycles. The van der Waals surface area contributed by atoms with Crippen LogP contribution in [0.25, 0.3) is 0 Å². The van der Waals surface area contributed by atoms with Crippen molar-refractivity contribution in [3.05, 3.63) is 47.1 Å². The largest absolute Gasteiger partial charge is 0.416 e. The third-order valence-corrected chi connectivity index (χ3v) is 3.95. The molecule has 2 unspecified atom stereocenters. The molecule has 1 aromatic heterocycles. The van der Waals surface area contributed by atoms with Gasteiger partial charge in [-0.3, -0.25) is 0 Å². The van der Waals surface area contributed by atoms with Crippen molar-refractivity contribution in [2.45, 2.75) is 31.4 Å². The molecule has 0 aliphatic carbocycles. The molecule has 2 aromatic rings. The topological polar surface area (TPSA) is 51.0 Å². The summed E-state index contributed by atoms with van der Waals surface area (Å²) < 4.78 is 43.0. The first-order valence-corrected chi connectivity index (χ1v) is 7.11. The number of halogens is 3. The Morgan fingerprint density at radius 3 is 2.41 bits per heavy atom. The molecule has 0 saturated carbocycles. The monoisotopic (exact) mass is 311 g/mol. The van der Waals surface area contributed by atoms with Gasteiger partial charge in [-0.25, -0.2) is 0 Å². The molecule has 0 spiro atoms. The van der Waals surface area contributed by atoms with Gasteiger partial charge in [0.05, 0.1) is 11.5 Å². The van der Waals surface area contributed by atoms with E-state index in [0.717, 1.165) is 37.2 Å². The highest BCUT2D eigenvalue weighted by atomic mass is 19.4. The van der Waals surface area contributed by atoms with Crippen molar-refractivity contribution in [2.24, 2.45) is 0 Å². The van der Waals surface area contributed by atoms with Gasteiger partial charge in [-0.15, -0.1) is 0 Å². The lowest BCUT2D eigenvalue weighted by molar-refractivity contribution is -0.137. The molecule has 1 aromatic carbocycles. The Kier molecular flexibility index (Phi) is 3.90. The molecule has 1 N–H and O–H groups in total. The zero-order valence-corrected chi connectivity index (χ0v) is 12.0. The van der Waals surface area contributed by atoms with Gasteiger partial charge in [0.25, 0.3) is 0 Å². The molecule has 1 saturated heterocycles. The molecule has 1 aliphatic rings. The van der Waals surface area contributed by atoms with E-state index in [1.807, 2.05) is 0 Å². The number of aromatic nitrogens is 2. The molecule has 22 heavy (non-hydrogen) atoms. The van der Waals surface area contributed by atoms with Crippen molar-refractivity contribution in [1.29, 1.82) is 0 Å². The maximum Gasteiger partial charge on any atom is 0.416 e. The smallest absolute Gasteiger partial charge is 0.339 e. The van der Waals surface area contributed by atoms with Gasteiger partial charge in [0.15, 0.2) is 5.82 Å². The number of benzene rings is 1. The summed E-state index contributed by atoms with van der Waals surface area (Å²) in [6.07, 6.45) is -3.52. The van der Waals surface area contributed by atoms with E-state index < -0.39 is 11.7 Å². The fourth-order valence-corrected chi connectivity index (χ4v) is 2.81.